The van der Waals surface area contributed by atoms with E-state index in [0.29, 0.717) is 17.7 Å². The number of fused-ring (bicyclic) bond motifs is 1. The predicted octanol–water partition coefficient (Wildman–Crippen LogP) is 3.10. The number of hydrogen-bond acceptors (Lipinski definition) is 6. The molecule has 0 unspecified atom stereocenters. The number of benzene rings is 2. The van der Waals surface area contributed by atoms with Crippen LogP contribution in [0.25, 0.3) is 10.8 Å². The number of carbonyl (C=O) groups excluding carboxylic acids is 2. The normalized spacial score (nSPS) is 11.8. The Hall–Kier alpha value is -4.07. The number of hydrogen-bond donors (Lipinski definition) is 1. The van der Waals surface area contributed by atoms with Gasteiger partial charge in [0.1, 0.15) is 5.69 Å². The zero-order valence-corrected chi connectivity index (χ0v) is 17.6. The molecule has 8 nitrogen and oxygen atoms in total. The van der Waals surface area contributed by atoms with Crippen LogP contribution in [-0.2, 0) is 22.5 Å². The summed E-state index contributed by atoms with van der Waals surface area (Å²) in [4.78, 5) is 28.2. The van der Waals surface area contributed by atoms with Crippen LogP contribution in [0.4, 0.5) is 0 Å². The van der Waals surface area contributed by atoms with Crippen LogP contribution < -0.4 is 5.32 Å². The van der Waals surface area contributed by atoms with E-state index in [-0.39, 0.29) is 30.9 Å². The highest BCUT2D eigenvalue weighted by Crippen LogP contribution is 2.22. The summed E-state index contributed by atoms with van der Waals surface area (Å²) in [5.41, 5.74) is 2.20. The van der Waals surface area contributed by atoms with Gasteiger partial charge in [-0.05, 0) is 34.9 Å². The Balaban J connectivity index is 1.48. The molecule has 0 saturated heterocycles. The van der Waals surface area contributed by atoms with Crippen molar-refractivity contribution in [3.8, 4) is 0 Å². The quantitative estimate of drug-likeness (QED) is 0.432. The first-order valence-corrected chi connectivity index (χ1v) is 10.3. The molecule has 0 spiro atoms. The van der Waals surface area contributed by atoms with E-state index in [1.165, 1.54) is 7.11 Å². The summed E-state index contributed by atoms with van der Waals surface area (Å²) in [5.74, 6) is -0.539. The van der Waals surface area contributed by atoms with E-state index in [0.717, 1.165) is 16.3 Å². The predicted molar refractivity (Wildman–Crippen MR) is 119 cm³/mol. The molecular weight excluding hydrogens is 406 g/mol. The lowest BCUT2D eigenvalue weighted by molar-refractivity contribution is -0.141. The zero-order valence-electron chi connectivity index (χ0n) is 17.6. The molecule has 8 heteroatoms. The largest absolute Gasteiger partial charge is 0.469 e. The summed E-state index contributed by atoms with van der Waals surface area (Å²) in [5, 5.41) is 13.5. The first-order valence-electron chi connectivity index (χ1n) is 10.3. The van der Waals surface area contributed by atoms with Gasteiger partial charge in [0, 0.05) is 18.0 Å². The smallest absolute Gasteiger partial charge is 0.307 e. The van der Waals surface area contributed by atoms with E-state index in [1.807, 2.05) is 12.1 Å². The van der Waals surface area contributed by atoms with Crippen molar-refractivity contribution in [1.29, 1.82) is 0 Å². The highest BCUT2D eigenvalue weighted by molar-refractivity contribution is 5.93. The standard InChI is InChI=1S/C24H23N5O3/c1-32-23(30)14-22(13-17-6-7-18-4-2-3-5-20(18)12-17)29-16-21(27-28-29)15-26-24(31)19-8-10-25-11-9-19/h2-12,16,22H,13-15H2,1H3,(H,26,31)/t22-/m1/s1. The van der Waals surface area contributed by atoms with Gasteiger partial charge in [0.15, 0.2) is 0 Å². The van der Waals surface area contributed by atoms with E-state index < -0.39 is 0 Å². The Bertz CT molecular complexity index is 1220. The lowest BCUT2D eigenvalue weighted by atomic mass is 10.00. The number of amides is 1. The van der Waals surface area contributed by atoms with Gasteiger partial charge in [0.2, 0.25) is 0 Å². The third kappa shape index (κ3) is 5.15. The monoisotopic (exact) mass is 429 g/mol. The third-order valence-corrected chi connectivity index (χ3v) is 5.22. The molecule has 2 heterocycles. The Morgan fingerprint density at radius 2 is 1.84 bits per heavy atom. The Labute approximate surface area is 185 Å². The maximum atomic E-state index is 12.2. The molecule has 0 radical (unpaired) electrons. The van der Waals surface area contributed by atoms with Crippen LogP contribution in [-0.4, -0.2) is 39.0 Å². The van der Waals surface area contributed by atoms with Crippen molar-refractivity contribution in [3.63, 3.8) is 0 Å². The number of methoxy groups -OCH3 is 1. The van der Waals surface area contributed by atoms with Crippen LogP contribution in [0.1, 0.15) is 34.1 Å². The van der Waals surface area contributed by atoms with Gasteiger partial charge in [0.05, 0.1) is 32.3 Å². The van der Waals surface area contributed by atoms with E-state index in [2.05, 4.69) is 50.9 Å². The topological polar surface area (TPSA) is 99.0 Å². The van der Waals surface area contributed by atoms with Crippen molar-refractivity contribution in [2.75, 3.05) is 7.11 Å². The zero-order chi connectivity index (χ0) is 22.3. The molecule has 0 fully saturated rings. The third-order valence-electron chi connectivity index (χ3n) is 5.22. The van der Waals surface area contributed by atoms with E-state index in [1.54, 1.807) is 35.4 Å². The average molecular weight is 429 g/mol. The fourth-order valence-corrected chi connectivity index (χ4v) is 3.52. The van der Waals surface area contributed by atoms with Crippen LogP contribution >= 0.6 is 0 Å². The average Bonchev–Trinajstić information content (AvgIpc) is 3.31. The molecule has 0 bridgehead atoms. The molecule has 1 N–H and O–H groups in total. The maximum Gasteiger partial charge on any atom is 0.307 e. The Morgan fingerprint density at radius 1 is 1.06 bits per heavy atom. The van der Waals surface area contributed by atoms with Crippen molar-refractivity contribution in [3.05, 3.63) is 90.0 Å². The second kappa shape index (κ2) is 9.82. The highest BCUT2D eigenvalue weighted by Gasteiger charge is 2.19. The van der Waals surface area contributed by atoms with Gasteiger partial charge in [-0.15, -0.1) is 5.10 Å². The minimum absolute atomic E-state index is 0.162. The fourth-order valence-electron chi connectivity index (χ4n) is 3.52. The Morgan fingerprint density at radius 3 is 2.62 bits per heavy atom. The summed E-state index contributed by atoms with van der Waals surface area (Å²) < 4.78 is 6.55. The second-order valence-electron chi connectivity index (χ2n) is 7.43. The van der Waals surface area contributed by atoms with Crippen molar-refractivity contribution < 1.29 is 14.3 Å². The van der Waals surface area contributed by atoms with Crippen LogP contribution in [0, 0.1) is 0 Å². The van der Waals surface area contributed by atoms with Gasteiger partial charge in [-0.1, -0.05) is 47.7 Å². The summed E-state index contributed by atoms with van der Waals surface area (Å²) in [6, 6.07) is 17.4. The van der Waals surface area contributed by atoms with E-state index in [9.17, 15) is 9.59 Å². The first kappa shape index (κ1) is 21.2. The molecule has 162 valence electrons. The minimum atomic E-state index is -0.321. The van der Waals surface area contributed by atoms with Crippen molar-refractivity contribution >= 4 is 22.6 Å². The van der Waals surface area contributed by atoms with Crippen molar-refractivity contribution in [2.45, 2.75) is 25.4 Å². The maximum absolute atomic E-state index is 12.2. The van der Waals surface area contributed by atoms with Gasteiger partial charge in [-0.25, -0.2) is 4.68 Å². The molecule has 0 aliphatic carbocycles. The number of rotatable bonds is 8. The molecule has 2 aromatic carbocycles. The molecule has 1 atom stereocenters. The molecule has 0 saturated carbocycles. The van der Waals surface area contributed by atoms with Crippen LogP contribution in [0.3, 0.4) is 0 Å². The summed E-state index contributed by atoms with van der Waals surface area (Å²) in [6.07, 6.45) is 5.63. The van der Waals surface area contributed by atoms with E-state index in [4.69, 9.17) is 4.74 Å². The molecule has 32 heavy (non-hydrogen) atoms. The molecule has 0 aliphatic heterocycles. The number of ether oxygens (including phenoxy) is 1. The summed E-state index contributed by atoms with van der Waals surface area (Å²) in [7, 11) is 1.37. The minimum Gasteiger partial charge on any atom is -0.469 e. The van der Waals surface area contributed by atoms with E-state index >= 15 is 0 Å². The van der Waals surface area contributed by atoms with Gasteiger partial charge in [-0.2, -0.15) is 0 Å². The second-order valence-corrected chi connectivity index (χ2v) is 7.43. The van der Waals surface area contributed by atoms with Gasteiger partial charge in [0.25, 0.3) is 5.91 Å². The Kier molecular flexibility index (Phi) is 6.50. The summed E-state index contributed by atoms with van der Waals surface area (Å²) >= 11 is 0. The number of esters is 1. The number of carbonyl (C=O) groups is 2. The summed E-state index contributed by atoms with van der Waals surface area (Å²) in [6.45, 7) is 0.224. The molecule has 2 aromatic heterocycles. The molecule has 1 amide bonds. The van der Waals surface area contributed by atoms with Crippen molar-refractivity contribution in [2.24, 2.45) is 0 Å². The number of pyridine rings is 1. The van der Waals surface area contributed by atoms with Crippen molar-refractivity contribution in [1.82, 2.24) is 25.3 Å². The highest BCUT2D eigenvalue weighted by atomic mass is 16.5. The lowest BCUT2D eigenvalue weighted by Crippen LogP contribution is -2.23. The van der Waals surface area contributed by atoms with Crippen LogP contribution in [0.2, 0.25) is 0 Å². The SMILES string of the molecule is COC(=O)C[C@@H](Cc1ccc2ccccc2c1)n1cc(CNC(=O)c2ccncc2)nn1. The van der Waals surface area contributed by atoms with Crippen LogP contribution in [0.15, 0.2) is 73.2 Å². The fraction of sp³-hybridized carbons (Fsp3) is 0.208. The number of aromatic nitrogens is 4. The number of nitrogens with one attached hydrogen (secondary N) is 1. The molecule has 4 rings (SSSR count). The molecule has 0 aliphatic rings. The van der Waals surface area contributed by atoms with Gasteiger partial charge in [-0.3, -0.25) is 14.6 Å². The van der Waals surface area contributed by atoms with Gasteiger partial charge < -0.3 is 10.1 Å². The van der Waals surface area contributed by atoms with Crippen LogP contribution in [0.5, 0.6) is 0 Å². The van der Waals surface area contributed by atoms with Gasteiger partial charge >= 0.3 is 5.97 Å². The molecule has 4 aromatic rings. The first-order chi connectivity index (χ1) is 15.6. The molecular formula is C24H23N5O3. The number of nitrogens with zero attached hydrogens (tertiary/aromatic N) is 4. The lowest BCUT2D eigenvalue weighted by Gasteiger charge is -2.16.